The number of aliphatic hydroxyl groups is 1. The van der Waals surface area contributed by atoms with Crippen molar-refractivity contribution in [3.05, 3.63) is 102 Å². The van der Waals surface area contributed by atoms with E-state index in [9.17, 15) is 5.11 Å². The topological polar surface area (TPSA) is 47.3 Å². The Morgan fingerprint density at radius 3 is 2.09 bits per heavy atom. The molecule has 0 amide bonds. The number of hydrogen-bond donors (Lipinski definition) is 1. The van der Waals surface area contributed by atoms with Crippen LogP contribution in [0, 0.1) is 0 Å². The van der Waals surface area contributed by atoms with Crippen LogP contribution in [-0.4, -0.2) is 27.4 Å². The van der Waals surface area contributed by atoms with E-state index in [4.69, 9.17) is 9.72 Å². The number of aromatic nitrogens is 2. The summed E-state index contributed by atoms with van der Waals surface area (Å²) in [7, 11) is 0. The maximum atomic E-state index is 11.1. The molecule has 1 unspecified atom stereocenters. The van der Waals surface area contributed by atoms with Crippen molar-refractivity contribution < 1.29 is 9.84 Å². The van der Waals surface area contributed by atoms with Crippen molar-refractivity contribution in [1.29, 1.82) is 0 Å². The minimum absolute atomic E-state index is 0.209. The molecule has 0 spiro atoms. The number of para-hydroxylation sites is 2. The lowest BCUT2D eigenvalue weighted by Gasteiger charge is -2.24. The van der Waals surface area contributed by atoms with Gasteiger partial charge < -0.3 is 14.4 Å². The van der Waals surface area contributed by atoms with Crippen molar-refractivity contribution in [2.75, 3.05) is 6.61 Å². The van der Waals surface area contributed by atoms with Gasteiger partial charge in [-0.1, -0.05) is 92.1 Å². The Balaban J connectivity index is 1.36. The number of aliphatic hydroxyl groups excluding tert-OH is 1. The Morgan fingerprint density at radius 2 is 1.42 bits per heavy atom. The molecule has 1 aliphatic rings. The standard InChI is InChI=1S/C29H32N2O2/c32-25(21-33-28(22-12-4-1-5-13-22)23-14-6-2-7-15-23)20-31-27-19-11-10-18-26(27)30-29(31)24-16-8-3-9-17-24/h1-2,4-7,10-15,18-19,24-25,28,32H,3,8-9,16-17,20-21H2. The van der Waals surface area contributed by atoms with Gasteiger partial charge in [0.25, 0.3) is 0 Å². The van der Waals surface area contributed by atoms with E-state index in [1.54, 1.807) is 0 Å². The Hall–Kier alpha value is -2.95. The zero-order valence-corrected chi connectivity index (χ0v) is 19.0. The minimum Gasteiger partial charge on any atom is -0.389 e. The van der Waals surface area contributed by atoms with Crippen LogP contribution in [0.25, 0.3) is 11.0 Å². The number of rotatable bonds is 8. The lowest BCUT2D eigenvalue weighted by atomic mass is 9.88. The van der Waals surface area contributed by atoms with Crippen molar-refractivity contribution >= 4 is 11.0 Å². The van der Waals surface area contributed by atoms with Crippen LogP contribution in [0.3, 0.4) is 0 Å². The first-order valence-electron chi connectivity index (χ1n) is 12.1. The van der Waals surface area contributed by atoms with Gasteiger partial charge in [-0.15, -0.1) is 0 Å². The van der Waals surface area contributed by atoms with Crippen molar-refractivity contribution in [2.45, 2.75) is 56.8 Å². The van der Waals surface area contributed by atoms with Gasteiger partial charge in [0.2, 0.25) is 0 Å². The van der Waals surface area contributed by atoms with Crippen LogP contribution in [0.5, 0.6) is 0 Å². The molecule has 0 aliphatic heterocycles. The van der Waals surface area contributed by atoms with Crippen molar-refractivity contribution in [2.24, 2.45) is 0 Å². The molecule has 0 bridgehead atoms. The van der Waals surface area contributed by atoms with Crippen LogP contribution in [0.4, 0.5) is 0 Å². The van der Waals surface area contributed by atoms with Gasteiger partial charge in [-0.05, 0) is 36.1 Å². The third kappa shape index (κ3) is 5.02. The summed E-state index contributed by atoms with van der Waals surface area (Å²) >= 11 is 0. The fourth-order valence-corrected chi connectivity index (χ4v) is 5.07. The summed E-state index contributed by atoms with van der Waals surface area (Å²) in [6.07, 6.45) is 5.36. The molecule has 1 aliphatic carbocycles. The smallest absolute Gasteiger partial charge is 0.113 e. The Morgan fingerprint density at radius 1 is 0.818 bits per heavy atom. The molecule has 3 aromatic carbocycles. The molecule has 1 aromatic heterocycles. The second kappa shape index (κ2) is 10.3. The van der Waals surface area contributed by atoms with E-state index in [-0.39, 0.29) is 12.7 Å². The molecule has 4 heteroatoms. The first-order chi connectivity index (χ1) is 16.3. The molecule has 33 heavy (non-hydrogen) atoms. The monoisotopic (exact) mass is 440 g/mol. The maximum Gasteiger partial charge on any atom is 0.113 e. The molecule has 5 rings (SSSR count). The van der Waals surface area contributed by atoms with Gasteiger partial charge in [0, 0.05) is 5.92 Å². The molecule has 0 saturated heterocycles. The molecule has 1 atom stereocenters. The van der Waals surface area contributed by atoms with E-state index in [1.165, 1.54) is 32.1 Å². The molecule has 170 valence electrons. The summed E-state index contributed by atoms with van der Waals surface area (Å²) in [5.41, 5.74) is 4.29. The van der Waals surface area contributed by atoms with Gasteiger partial charge in [-0.2, -0.15) is 0 Å². The van der Waals surface area contributed by atoms with Crippen LogP contribution in [0.15, 0.2) is 84.9 Å². The van der Waals surface area contributed by atoms with Gasteiger partial charge in [0.05, 0.1) is 30.3 Å². The van der Waals surface area contributed by atoms with Gasteiger partial charge in [-0.3, -0.25) is 0 Å². The highest BCUT2D eigenvalue weighted by molar-refractivity contribution is 5.76. The predicted octanol–water partition coefficient (Wildman–Crippen LogP) is 6.25. The Kier molecular flexibility index (Phi) is 6.84. The van der Waals surface area contributed by atoms with E-state index < -0.39 is 6.10 Å². The second-order valence-electron chi connectivity index (χ2n) is 9.09. The molecular formula is C29H32N2O2. The van der Waals surface area contributed by atoms with E-state index in [2.05, 4.69) is 47.0 Å². The molecule has 1 saturated carbocycles. The zero-order chi connectivity index (χ0) is 22.5. The fourth-order valence-electron chi connectivity index (χ4n) is 5.07. The van der Waals surface area contributed by atoms with Gasteiger partial charge in [0.1, 0.15) is 11.9 Å². The number of fused-ring (bicyclic) bond motifs is 1. The average molecular weight is 441 g/mol. The van der Waals surface area contributed by atoms with Gasteiger partial charge in [-0.25, -0.2) is 4.98 Å². The maximum absolute atomic E-state index is 11.1. The molecule has 4 aromatic rings. The minimum atomic E-state index is -0.625. The van der Waals surface area contributed by atoms with Crippen LogP contribution >= 0.6 is 0 Å². The summed E-state index contributed by atoms with van der Waals surface area (Å²) in [5, 5.41) is 11.1. The quantitative estimate of drug-likeness (QED) is 0.352. The summed E-state index contributed by atoms with van der Waals surface area (Å²) in [6, 6.07) is 28.7. The van der Waals surface area contributed by atoms with Crippen LogP contribution in [0.2, 0.25) is 0 Å². The average Bonchev–Trinajstić information content (AvgIpc) is 3.24. The van der Waals surface area contributed by atoms with Gasteiger partial charge >= 0.3 is 0 Å². The zero-order valence-electron chi connectivity index (χ0n) is 19.0. The van der Waals surface area contributed by atoms with Gasteiger partial charge in [0.15, 0.2) is 0 Å². The lowest BCUT2D eigenvalue weighted by molar-refractivity contribution is -0.000582. The molecule has 4 nitrogen and oxygen atoms in total. The highest BCUT2D eigenvalue weighted by atomic mass is 16.5. The van der Waals surface area contributed by atoms with Crippen molar-refractivity contribution in [3.63, 3.8) is 0 Å². The molecule has 0 radical (unpaired) electrons. The van der Waals surface area contributed by atoms with Crippen LogP contribution < -0.4 is 0 Å². The summed E-state index contributed by atoms with van der Waals surface area (Å²) in [4.78, 5) is 4.99. The van der Waals surface area contributed by atoms with Crippen molar-refractivity contribution in [3.8, 4) is 0 Å². The summed E-state index contributed by atoms with van der Waals surface area (Å²) in [6.45, 7) is 0.744. The molecule has 1 N–H and O–H groups in total. The van der Waals surface area contributed by atoms with Crippen molar-refractivity contribution in [1.82, 2.24) is 9.55 Å². The molecular weight excluding hydrogens is 408 g/mol. The normalized spacial score (nSPS) is 15.8. The lowest BCUT2D eigenvalue weighted by Crippen LogP contribution is -2.25. The SMILES string of the molecule is OC(COC(c1ccccc1)c1ccccc1)Cn1c(C2CCCCC2)nc2ccccc21. The largest absolute Gasteiger partial charge is 0.389 e. The number of nitrogens with zero attached hydrogens (tertiary/aromatic N) is 2. The van der Waals surface area contributed by atoms with Crippen LogP contribution in [-0.2, 0) is 11.3 Å². The highest BCUT2D eigenvalue weighted by Gasteiger charge is 2.24. The predicted molar refractivity (Wildman–Crippen MR) is 132 cm³/mol. The first kappa shape index (κ1) is 21.9. The molecule has 1 fully saturated rings. The third-order valence-electron chi connectivity index (χ3n) is 6.71. The highest BCUT2D eigenvalue weighted by Crippen LogP contribution is 2.34. The third-order valence-corrected chi connectivity index (χ3v) is 6.71. The number of ether oxygens (including phenoxy) is 1. The summed E-state index contributed by atoms with van der Waals surface area (Å²) < 4.78 is 8.57. The number of imidazole rings is 1. The first-order valence-corrected chi connectivity index (χ1v) is 12.1. The number of benzene rings is 3. The second-order valence-corrected chi connectivity index (χ2v) is 9.09. The Labute approximate surface area is 195 Å². The molecule has 1 heterocycles. The van der Waals surface area contributed by atoms with Crippen LogP contribution in [0.1, 0.15) is 61.1 Å². The summed E-state index contributed by atoms with van der Waals surface area (Å²) in [5.74, 6) is 1.60. The fraction of sp³-hybridized carbons (Fsp3) is 0.345. The van der Waals surface area contributed by atoms with E-state index in [0.717, 1.165) is 28.0 Å². The van der Waals surface area contributed by atoms with E-state index >= 15 is 0 Å². The number of hydrogen-bond acceptors (Lipinski definition) is 3. The van der Waals surface area contributed by atoms with E-state index in [1.807, 2.05) is 42.5 Å². The van der Waals surface area contributed by atoms with E-state index in [0.29, 0.717) is 12.5 Å². The Bertz CT molecular complexity index is 1110.